The SMILES string of the molecule is O=C(Nc1ccc(Cl)cc1C(F)(F)F)n1cnc2ccccc21. The highest BCUT2D eigenvalue weighted by Gasteiger charge is 2.34. The number of fused-ring (bicyclic) bond motifs is 1. The molecule has 2 aromatic carbocycles. The van der Waals surface area contributed by atoms with E-state index in [9.17, 15) is 18.0 Å². The summed E-state index contributed by atoms with van der Waals surface area (Å²) in [6.45, 7) is 0. The van der Waals surface area contributed by atoms with Gasteiger partial charge >= 0.3 is 12.2 Å². The Morgan fingerprint density at radius 1 is 1.17 bits per heavy atom. The van der Waals surface area contributed by atoms with E-state index in [-0.39, 0.29) is 10.7 Å². The first-order chi connectivity index (χ1) is 10.9. The highest BCUT2D eigenvalue weighted by Crippen LogP contribution is 2.36. The van der Waals surface area contributed by atoms with E-state index >= 15 is 0 Å². The fourth-order valence-electron chi connectivity index (χ4n) is 2.16. The molecule has 3 aromatic rings. The Kier molecular flexibility index (Phi) is 3.73. The lowest BCUT2D eigenvalue weighted by Gasteiger charge is -2.14. The van der Waals surface area contributed by atoms with E-state index in [1.165, 1.54) is 12.4 Å². The van der Waals surface area contributed by atoms with Crippen LogP contribution >= 0.6 is 11.6 Å². The molecule has 0 saturated carbocycles. The largest absolute Gasteiger partial charge is 0.418 e. The number of halogens is 4. The van der Waals surface area contributed by atoms with E-state index in [1.807, 2.05) is 0 Å². The number of nitrogens with zero attached hydrogens (tertiary/aromatic N) is 2. The number of carbonyl (C=O) groups is 1. The molecule has 0 aliphatic carbocycles. The van der Waals surface area contributed by atoms with Gasteiger partial charge in [-0.1, -0.05) is 23.7 Å². The number of amides is 1. The zero-order valence-corrected chi connectivity index (χ0v) is 12.2. The van der Waals surface area contributed by atoms with Crippen LogP contribution in [0.15, 0.2) is 48.8 Å². The van der Waals surface area contributed by atoms with Crippen molar-refractivity contribution in [1.82, 2.24) is 9.55 Å². The summed E-state index contributed by atoms with van der Waals surface area (Å²) >= 11 is 5.61. The summed E-state index contributed by atoms with van der Waals surface area (Å²) in [5, 5.41) is 2.18. The minimum atomic E-state index is -4.63. The van der Waals surface area contributed by atoms with Crippen molar-refractivity contribution < 1.29 is 18.0 Å². The van der Waals surface area contributed by atoms with Crippen molar-refractivity contribution in [1.29, 1.82) is 0 Å². The third kappa shape index (κ3) is 3.00. The molecule has 8 heteroatoms. The molecule has 0 spiro atoms. The fourth-order valence-corrected chi connectivity index (χ4v) is 2.33. The average Bonchev–Trinajstić information content (AvgIpc) is 2.92. The van der Waals surface area contributed by atoms with Crippen LogP contribution in [0.5, 0.6) is 0 Å². The van der Waals surface area contributed by atoms with Gasteiger partial charge in [0.05, 0.1) is 22.3 Å². The summed E-state index contributed by atoms with van der Waals surface area (Å²) in [7, 11) is 0. The van der Waals surface area contributed by atoms with Crippen LogP contribution in [-0.4, -0.2) is 15.6 Å². The van der Waals surface area contributed by atoms with E-state index in [4.69, 9.17) is 11.6 Å². The maximum Gasteiger partial charge on any atom is 0.418 e. The maximum absolute atomic E-state index is 13.0. The van der Waals surface area contributed by atoms with Crippen LogP contribution in [0.2, 0.25) is 5.02 Å². The Morgan fingerprint density at radius 2 is 1.91 bits per heavy atom. The van der Waals surface area contributed by atoms with Crippen LogP contribution in [0.4, 0.5) is 23.7 Å². The maximum atomic E-state index is 13.0. The van der Waals surface area contributed by atoms with Crippen LogP contribution in [-0.2, 0) is 6.18 Å². The summed E-state index contributed by atoms with van der Waals surface area (Å²) in [6, 6.07) is 9.21. The van der Waals surface area contributed by atoms with E-state index in [2.05, 4.69) is 10.3 Å². The molecule has 1 aromatic heterocycles. The standard InChI is InChI=1S/C15H9ClF3N3O/c16-9-5-6-11(10(7-9)15(17,18)19)21-14(23)22-8-20-12-3-1-2-4-13(12)22/h1-8H,(H,21,23). The van der Waals surface area contributed by atoms with Crippen molar-refractivity contribution in [3.05, 3.63) is 59.4 Å². The van der Waals surface area contributed by atoms with Gasteiger partial charge < -0.3 is 5.32 Å². The Morgan fingerprint density at radius 3 is 2.65 bits per heavy atom. The van der Waals surface area contributed by atoms with Crippen LogP contribution in [0, 0.1) is 0 Å². The number of aromatic nitrogens is 2. The van der Waals surface area contributed by atoms with Crippen LogP contribution in [0.25, 0.3) is 11.0 Å². The number of benzene rings is 2. The lowest BCUT2D eigenvalue weighted by molar-refractivity contribution is -0.136. The third-order valence-corrected chi connectivity index (χ3v) is 3.44. The summed E-state index contributed by atoms with van der Waals surface area (Å²) in [5.74, 6) is 0. The van der Waals surface area contributed by atoms with E-state index < -0.39 is 17.8 Å². The van der Waals surface area contributed by atoms with Gasteiger partial charge in [0.25, 0.3) is 0 Å². The molecular formula is C15H9ClF3N3O. The molecule has 0 radical (unpaired) electrons. The smallest absolute Gasteiger partial charge is 0.307 e. The molecule has 0 aliphatic heterocycles. The zero-order chi connectivity index (χ0) is 16.6. The molecular weight excluding hydrogens is 331 g/mol. The molecule has 1 N–H and O–H groups in total. The Bertz CT molecular complexity index is 889. The average molecular weight is 340 g/mol. The summed E-state index contributed by atoms with van der Waals surface area (Å²) < 4.78 is 40.3. The monoisotopic (exact) mass is 339 g/mol. The second kappa shape index (κ2) is 5.58. The molecule has 118 valence electrons. The zero-order valence-electron chi connectivity index (χ0n) is 11.4. The predicted octanol–water partition coefficient (Wildman–Crippen LogP) is 4.79. The van der Waals surface area contributed by atoms with Gasteiger partial charge in [-0.05, 0) is 30.3 Å². The second-order valence-corrected chi connectivity index (χ2v) is 5.16. The number of nitrogens with one attached hydrogen (secondary N) is 1. The summed E-state index contributed by atoms with van der Waals surface area (Å²) in [6.07, 6.45) is -3.38. The molecule has 0 atom stereocenters. The highest BCUT2D eigenvalue weighted by atomic mass is 35.5. The quantitative estimate of drug-likeness (QED) is 0.693. The summed E-state index contributed by atoms with van der Waals surface area (Å²) in [5.41, 5.74) is -0.324. The molecule has 0 bridgehead atoms. The van der Waals surface area contributed by atoms with Gasteiger partial charge in [0.1, 0.15) is 6.33 Å². The molecule has 1 amide bonds. The molecule has 4 nitrogen and oxygen atoms in total. The first-order valence-corrected chi connectivity index (χ1v) is 6.84. The molecule has 1 heterocycles. The fraction of sp³-hybridized carbons (Fsp3) is 0.0667. The second-order valence-electron chi connectivity index (χ2n) is 4.72. The molecule has 0 unspecified atom stereocenters. The minimum absolute atomic E-state index is 0.0663. The molecule has 0 saturated heterocycles. The molecule has 23 heavy (non-hydrogen) atoms. The number of hydrogen-bond donors (Lipinski definition) is 1. The number of imidazole rings is 1. The van der Waals surface area contributed by atoms with E-state index in [0.29, 0.717) is 11.0 Å². The lowest BCUT2D eigenvalue weighted by atomic mass is 10.1. The van der Waals surface area contributed by atoms with Crippen LogP contribution < -0.4 is 5.32 Å². The van der Waals surface area contributed by atoms with Crippen molar-refractivity contribution in [3.63, 3.8) is 0 Å². The number of carbonyl (C=O) groups excluding carboxylic acids is 1. The van der Waals surface area contributed by atoms with Gasteiger partial charge in [0.2, 0.25) is 0 Å². The lowest BCUT2D eigenvalue weighted by Crippen LogP contribution is -2.21. The predicted molar refractivity (Wildman–Crippen MR) is 80.6 cm³/mol. The van der Waals surface area contributed by atoms with Gasteiger partial charge in [-0.25, -0.2) is 9.78 Å². The minimum Gasteiger partial charge on any atom is -0.307 e. The Balaban J connectivity index is 1.98. The number of rotatable bonds is 1. The molecule has 0 fully saturated rings. The topological polar surface area (TPSA) is 46.9 Å². The number of alkyl halides is 3. The van der Waals surface area contributed by atoms with Gasteiger partial charge in [-0.15, -0.1) is 0 Å². The Hall–Kier alpha value is -2.54. The molecule has 0 aliphatic rings. The van der Waals surface area contributed by atoms with Crippen LogP contribution in [0.3, 0.4) is 0 Å². The van der Waals surface area contributed by atoms with E-state index in [0.717, 1.165) is 16.7 Å². The first kappa shape index (κ1) is 15.4. The first-order valence-electron chi connectivity index (χ1n) is 6.46. The van der Waals surface area contributed by atoms with Crippen LogP contribution in [0.1, 0.15) is 5.56 Å². The highest BCUT2D eigenvalue weighted by molar-refractivity contribution is 6.30. The number of anilines is 1. The van der Waals surface area contributed by atoms with Gasteiger partial charge in [-0.3, -0.25) is 4.57 Å². The van der Waals surface area contributed by atoms with Gasteiger partial charge in [-0.2, -0.15) is 13.2 Å². The summed E-state index contributed by atoms with van der Waals surface area (Å²) in [4.78, 5) is 16.3. The van der Waals surface area contributed by atoms with Crippen molar-refractivity contribution in [2.75, 3.05) is 5.32 Å². The van der Waals surface area contributed by atoms with Crippen molar-refractivity contribution >= 4 is 34.4 Å². The number of hydrogen-bond acceptors (Lipinski definition) is 2. The van der Waals surface area contributed by atoms with Crippen molar-refractivity contribution in [3.8, 4) is 0 Å². The van der Waals surface area contributed by atoms with Gasteiger partial charge in [0, 0.05) is 5.02 Å². The van der Waals surface area contributed by atoms with E-state index in [1.54, 1.807) is 24.3 Å². The van der Waals surface area contributed by atoms with Gasteiger partial charge in [0.15, 0.2) is 0 Å². The molecule has 3 rings (SSSR count). The Labute approximate surface area is 133 Å². The number of para-hydroxylation sites is 2. The normalized spacial score (nSPS) is 11.7. The third-order valence-electron chi connectivity index (χ3n) is 3.20. The van der Waals surface area contributed by atoms with Crippen molar-refractivity contribution in [2.45, 2.75) is 6.18 Å². The van der Waals surface area contributed by atoms with Crippen molar-refractivity contribution in [2.24, 2.45) is 0 Å².